The Balaban J connectivity index is 1.49. The molecule has 5 heteroatoms. The van der Waals surface area contributed by atoms with Crippen molar-refractivity contribution in [1.82, 2.24) is 15.0 Å². The van der Waals surface area contributed by atoms with Crippen LogP contribution in [-0.4, -0.2) is 21.0 Å². The van der Waals surface area contributed by atoms with Crippen molar-refractivity contribution < 1.29 is 9.53 Å². The summed E-state index contributed by atoms with van der Waals surface area (Å²) in [7, 11) is 0. The zero-order valence-corrected chi connectivity index (χ0v) is 15.6. The lowest BCUT2D eigenvalue weighted by Crippen LogP contribution is -2.01. The molecule has 3 rings (SSSR count). The highest BCUT2D eigenvalue weighted by atomic mass is 16.5. The van der Waals surface area contributed by atoms with E-state index in [9.17, 15) is 4.79 Å². The summed E-state index contributed by atoms with van der Waals surface area (Å²) in [6.45, 7) is 5.19. The number of carbonyl (C=O) groups excluding carboxylic acids is 1. The fourth-order valence-corrected chi connectivity index (χ4v) is 2.59. The van der Waals surface area contributed by atoms with E-state index in [1.54, 1.807) is 17.0 Å². The molecule has 5 nitrogen and oxygen atoms in total. The highest BCUT2D eigenvalue weighted by molar-refractivity contribution is 5.86. The van der Waals surface area contributed by atoms with Gasteiger partial charge in [0.05, 0.1) is 12.7 Å². The molecule has 1 aromatic heterocycles. The summed E-state index contributed by atoms with van der Waals surface area (Å²) in [5.41, 5.74) is 3.99. The summed E-state index contributed by atoms with van der Waals surface area (Å²) in [6.07, 6.45) is 4.78. The number of nitrogens with zero attached hydrogens (tertiary/aromatic N) is 3. The first-order chi connectivity index (χ1) is 13.1. The predicted molar refractivity (Wildman–Crippen MR) is 105 cm³/mol. The maximum atomic E-state index is 11.9. The van der Waals surface area contributed by atoms with Crippen molar-refractivity contribution in [2.24, 2.45) is 0 Å². The minimum Gasteiger partial charge on any atom is -0.458 e. The van der Waals surface area contributed by atoms with Gasteiger partial charge in [0, 0.05) is 6.08 Å². The number of hydrogen-bond donors (Lipinski definition) is 0. The number of benzene rings is 2. The molecule has 0 aliphatic rings. The summed E-state index contributed by atoms with van der Waals surface area (Å²) in [6, 6.07) is 18.1. The quantitative estimate of drug-likeness (QED) is 0.467. The van der Waals surface area contributed by atoms with Gasteiger partial charge in [0.25, 0.3) is 0 Å². The first-order valence-electron chi connectivity index (χ1n) is 8.98. The van der Waals surface area contributed by atoms with E-state index >= 15 is 0 Å². The van der Waals surface area contributed by atoms with Gasteiger partial charge in [-0.05, 0) is 28.7 Å². The number of ether oxygens (including phenoxy) is 1. The van der Waals surface area contributed by atoms with Crippen LogP contribution in [0.1, 0.15) is 42.1 Å². The van der Waals surface area contributed by atoms with Gasteiger partial charge in [0.2, 0.25) is 0 Å². The third kappa shape index (κ3) is 5.64. The largest absolute Gasteiger partial charge is 0.458 e. The third-order valence-corrected chi connectivity index (χ3v) is 4.16. The van der Waals surface area contributed by atoms with Gasteiger partial charge in [-0.3, -0.25) is 0 Å². The Morgan fingerprint density at radius 1 is 1.07 bits per heavy atom. The second kappa shape index (κ2) is 8.94. The highest BCUT2D eigenvalue weighted by Crippen LogP contribution is 2.15. The van der Waals surface area contributed by atoms with Crippen LogP contribution < -0.4 is 0 Å². The molecule has 0 fully saturated rings. The van der Waals surface area contributed by atoms with Gasteiger partial charge >= 0.3 is 5.97 Å². The molecule has 0 N–H and O–H groups in total. The van der Waals surface area contributed by atoms with Crippen LogP contribution in [0.2, 0.25) is 0 Å². The van der Waals surface area contributed by atoms with Crippen LogP contribution in [0.5, 0.6) is 0 Å². The number of aromatic nitrogens is 3. The lowest BCUT2D eigenvalue weighted by molar-refractivity contribution is -0.138. The Labute approximate surface area is 159 Å². The van der Waals surface area contributed by atoms with Crippen LogP contribution in [0.3, 0.4) is 0 Å². The number of esters is 1. The average molecular weight is 361 g/mol. The molecule has 0 amide bonds. The van der Waals surface area contributed by atoms with Gasteiger partial charge in [-0.2, -0.15) is 0 Å². The van der Waals surface area contributed by atoms with E-state index in [-0.39, 0.29) is 6.61 Å². The summed E-state index contributed by atoms with van der Waals surface area (Å²) in [4.78, 5) is 11.9. The standard InChI is InChI=1S/C22H23N3O2/c1-17(2)20-10-8-19(9-11-20)16-27-22(26)13-12-21-15-25(24-23-21)14-18-6-4-3-5-7-18/h3-13,15,17H,14,16H2,1-2H3/b13-12+. The van der Waals surface area contributed by atoms with Crippen LogP contribution in [0.15, 0.2) is 66.9 Å². The fraction of sp³-hybridized carbons (Fsp3) is 0.227. The number of carbonyl (C=O) groups is 1. The minimum absolute atomic E-state index is 0.252. The van der Waals surface area contributed by atoms with Crippen molar-refractivity contribution in [3.05, 3.63) is 89.3 Å². The smallest absolute Gasteiger partial charge is 0.331 e. The van der Waals surface area contributed by atoms with Crippen molar-refractivity contribution in [2.45, 2.75) is 32.9 Å². The van der Waals surface area contributed by atoms with Crippen LogP contribution in [0.25, 0.3) is 6.08 Å². The fourth-order valence-electron chi connectivity index (χ4n) is 2.59. The lowest BCUT2D eigenvalue weighted by Gasteiger charge is -2.07. The normalized spacial score (nSPS) is 11.2. The van der Waals surface area contributed by atoms with Crippen LogP contribution >= 0.6 is 0 Å². The van der Waals surface area contributed by atoms with Gasteiger partial charge in [-0.25, -0.2) is 9.48 Å². The van der Waals surface area contributed by atoms with E-state index in [2.05, 4.69) is 36.3 Å². The average Bonchev–Trinajstić information content (AvgIpc) is 3.13. The molecule has 3 aromatic rings. The molecule has 2 aromatic carbocycles. The molecule has 0 unspecified atom stereocenters. The second-order valence-corrected chi connectivity index (χ2v) is 6.66. The Kier molecular flexibility index (Phi) is 6.15. The molecular formula is C22H23N3O2. The van der Waals surface area contributed by atoms with Crippen LogP contribution in [0, 0.1) is 0 Å². The van der Waals surface area contributed by atoms with Crippen molar-refractivity contribution >= 4 is 12.0 Å². The highest BCUT2D eigenvalue weighted by Gasteiger charge is 2.03. The van der Waals surface area contributed by atoms with Crippen molar-refractivity contribution in [3.8, 4) is 0 Å². The molecule has 0 aliphatic carbocycles. The lowest BCUT2D eigenvalue weighted by atomic mass is 10.0. The molecule has 0 saturated carbocycles. The first kappa shape index (κ1) is 18.6. The van der Waals surface area contributed by atoms with Gasteiger partial charge < -0.3 is 4.74 Å². The van der Waals surface area contributed by atoms with Crippen molar-refractivity contribution in [1.29, 1.82) is 0 Å². The van der Waals surface area contributed by atoms with Crippen LogP contribution in [-0.2, 0) is 22.7 Å². The molecule has 0 aliphatic heterocycles. The zero-order valence-electron chi connectivity index (χ0n) is 15.6. The van der Waals surface area contributed by atoms with E-state index < -0.39 is 5.97 Å². The van der Waals surface area contributed by atoms with Gasteiger partial charge in [0.15, 0.2) is 0 Å². The maximum Gasteiger partial charge on any atom is 0.331 e. The van der Waals surface area contributed by atoms with Crippen molar-refractivity contribution in [2.75, 3.05) is 0 Å². The van der Waals surface area contributed by atoms with Crippen LogP contribution in [0.4, 0.5) is 0 Å². The van der Waals surface area contributed by atoms with Gasteiger partial charge in [-0.15, -0.1) is 5.10 Å². The van der Waals surface area contributed by atoms with Gasteiger partial charge in [0.1, 0.15) is 12.3 Å². The molecule has 138 valence electrons. The Morgan fingerprint density at radius 3 is 2.52 bits per heavy atom. The minimum atomic E-state index is -0.402. The molecule has 0 saturated heterocycles. The molecule has 0 spiro atoms. The molecule has 0 atom stereocenters. The summed E-state index contributed by atoms with van der Waals surface area (Å²) >= 11 is 0. The van der Waals surface area contributed by atoms with Gasteiger partial charge in [-0.1, -0.05) is 73.7 Å². The first-order valence-corrected chi connectivity index (χ1v) is 8.98. The molecular weight excluding hydrogens is 338 g/mol. The maximum absolute atomic E-state index is 11.9. The van der Waals surface area contributed by atoms with E-state index in [1.807, 2.05) is 42.5 Å². The summed E-state index contributed by atoms with van der Waals surface area (Å²) < 4.78 is 7.00. The third-order valence-electron chi connectivity index (χ3n) is 4.16. The van der Waals surface area contributed by atoms with Crippen molar-refractivity contribution in [3.63, 3.8) is 0 Å². The molecule has 0 bridgehead atoms. The topological polar surface area (TPSA) is 57.0 Å². The second-order valence-electron chi connectivity index (χ2n) is 6.66. The molecule has 1 heterocycles. The Hall–Kier alpha value is -3.21. The Morgan fingerprint density at radius 2 is 1.81 bits per heavy atom. The van der Waals surface area contributed by atoms with E-state index in [1.165, 1.54) is 11.6 Å². The SMILES string of the molecule is CC(C)c1ccc(COC(=O)/C=C/c2cn(Cc3ccccc3)nn2)cc1. The Bertz CT molecular complexity index is 897. The monoisotopic (exact) mass is 361 g/mol. The zero-order chi connectivity index (χ0) is 19.1. The predicted octanol–water partition coefficient (Wildman–Crippen LogP) is 4.21. The van der Waals surface area contributed by atoms with E-state index in [0.29, 0.717) is 18.2 Å². The summed E-state index contributed by atoms with van der Waals surface area (Å²) in [5, 5.41) is 8.12. The molecule has 0 radical (unpaired) electrons. The van der Waals surface area contributed by atoms with E-state index in [4.69, 9.17) is 4.74 Å². The number of hydrogen-bond acceptors (Lipinski definition) is 4. The molecule has 27 heavy (non-hydrogen) atoms. The van der Waals surface area contributed by atoms with E-state index in [0.717, 1.165) is 11.1 Å². The number of rotatable bonds is 7. The summed E-state index contributed by atoms with van der Waals surface area (Å²) in [5.74, 6) is 0.0837.